The van der Waals surface area contributed by atoms with Crippen LogP contribution < -0.4 is 19.6 Å². The Morgan fingerprint density at radius 3 is 1.98 bits per heavy atom. The van der Waals surface area contributed by atoms with Crippen molar-refractivity contribution in [3.63, 3.8) is 0 Å². The molecule has 1 heterocycles. The number of carbonyl (C=O) groups excluding carboxylic acids is 3. The Labute approximate surface area is 237 Å². The van der Waals surface area contributed by atoms with E-state index >= 15 is 0 Å². The molecule has 0 aliphatic carbocycles. The van der Waals surface area contributed by atoms with E-state index in [0.29, 0.717) is 0 Å². The summed E-state index contributed by atoms with van der Waals surface area (Å²) >= 11 is 0. The molecule has 10 nitrogen and oxygen atoms in total. The standard InChI is InChI=1S/C31H34O10/c1-30(2,3)28(36)39-21-16-15-18(17-22(21)40-29(37)31(4,5)6)26-27(41-24(34)14-10-9-13-23(32)33)25(35)19-11-7-8-12-20(19)38-26/h7-8,11-12,15-17H,9-10,13-14H2,1-6H3,(H,32,33). The molecule has 10 heteroatoms. The largest absolute Gasteiger partial charge is 0.481 e. The molecule has 0 radical (unpaired) electrons. The molecule has 218 valence electrons. The topological polar surface area (TPSA) is 146 Å². The third kappa shape index (κ3) is 8.03. The van der Waals surface area contributed by atoms with Crippen molar-refractivity contribution in [3.05, 3.63) is 52.7 Å². The molecule has 0 spiro atoms. The second kappa shape index (κ2) is 12.4. The van der Waals surface area contributed by atoms with Crippen molar-refractivity contribution < 1.29 is 42.9 Å². The van der Waals surface area contributed by atoms with Gasteiger partial charge in [-0.3, -0.25) is 24.0 Å². The third-order valence-electron chi connectivity index (χ3n) is 5.83. The summed E-state index contributed by atoms with van der Waals surface area (Å²) < 4.78 is 22.6. The fraction of sp³-hybridized carbons (Fsp3) is 0.387. The lowest BCUT2D eigenvalue weighted by molar-refractivity contribution is -0.145. The Kier molecular flexibility index (Phi) is 9.37. The molecule has 0 fully saturated rings. The summed E-state index contributed by atoms with van der Waals surface area (Å²) in [6.07, 6.45) is 0.301. The number of benzene rings is 2. The summed E-state index contributed by atoms with van der Waals surface area (Å²) in [5.74, 6) is -3.48. The molecule has 0 saturated carbocycles. The predicted octanol–water partition coefficient (Wildman–Crippen LogP) is 5.91. The minimum absolute atomic E-state index is 0.0219. The van der Waals surface area contributed by atoms with E-state index < -0.39 is 40.1 Å². The van der Waals surface area contributed by atoms with E-state index in [0.717, 1.165) is 0 Å². The van der Waals surface area contributed by atoms with Gasteiger partial charge >= 0.3 is 23.9 Å². The normalized spacial score (nSPS) is 11.7. The van der Waals surface area contributed by atoms with Gasteiger partial charge in [0, 0.05) is 18.4 Å². The molecule has 3 aromatic rings. The Morgan fingerprint density at radius 2 is 1.37 bits per heavy atom. The second-order valence-corrected chi connectivity index (χ2v) is 11.6. The van der Waals surface area contributed by atoms with E-state index in [1.807, 2.05) is 0 Å². The first kappa shape index (κ1) is 31.1. The van der Waals surface area contributed by atoms with Crippen molar-refractivity contribution in [2.45, 2.75) is 67.2 Å². The number of rotatable bonds is 9. The van der Waals surface area contributed by atoms with Gasteiger partial charge in [0.25, 0.3) is 0 Å². The molecule has 0 saturated heterocycles. The number of esters is 3. The van der Waals surface area contributed by atoms with Gasteiger partial charge in [-0.2, -0.15) is 0 Å². The van der Waals surface area contributed by atoms with Crippen LogP contribution in [0.5, 0.6) is 17.2 Å². The van der Waals surface area contributed by atoms with Crippen LogP contribution in [0.25, 0.3) is 22.3 Å². The summed E-state index contributed by atoms with van der Waals surface area (Å²) in [7, 11) is 0. The van der Waals surface area contributed by atoms with E-state index in [-0.39, 0.29) is 65.2 Å². The van der Waals surface area contributed by atoms with Crippen LogP contribution in [-0.4, -0.2) is 29.0 Å². The zero-order valence-electron chi connectivity index (χ0n) is 24.0. The van der Waals surface area contributed by atoms with E-state index in [1.54, 1.807) is 59.7 Å². The monoisotopic (exact) mass is 566 g/mol. The maximum Gasteiger partial charge on any atom is 0.316 e. The van der Waals surface area contributed by atoms with Crippen LogP contribution in [0, 0.1) is 10.8 Å². The summed E-state index contributed by atoms with van der Waals surface area (Å²) in [6.45, 7) is 10.0. The van der Waals surface area contributed by atoms with Crippen LogP contribution in [0.2, 0.25) is 0 Å². The number of fused-ring (bicyclic) bond motifs is 1. The molecule has 2 aromatic carbocycles. The van der Waals surface area contributed by atoms with E-state index in [4.69, 9.17) is 23.7 Å². The van der Waals surface area contributed by atoms with Gasteiger partial charge in [-0.05, 0) is 84.7 Å². The van der Waals surface area contributed by atoms with Crippen LogP contribution in [0.1, 0.15) is 67.2 Å². The number of hydrogen-bond acceptors (Lipinski definition) is 9. The number of unbranched alkanes of at least 4 members (excludes halogenated alkanes) is 1. The summed E-state index contributed by atoms with van der Waals surface area (Å²) in [4.78, 5) is 62.2. The lowest BCUT2D eigenvalue weighted by atomic mass is 9.97. The number of para-hydroxylation sites is 1. The van der Waals surface area contributed by atoms with Crippen LogP contribution in [0.15, 0.2) is 51.7 Å². The number of carbonyl (C=O) groups is 4. The first-order chi connectivity index (χ1) is 19.1. The zero-order valence-corrected chi connectivity index (χ0v) is 24.0. The molecule has 0 aliphatic rings. The average Bonchev–Trinajstić information content (AvgIpc) is 2.88. The van der Waals surface area contributed by atoms with Gasteiger partial charge in [0.2, 0.25) is 11.2 Å². The average molecular weight is 567 g/mol. The second-order valence-electron chi connectivity index (χ2n) is 11.6. The van der Waals surface area contributed by atoms with Crippen LogP contribution >= 0.6 is 0 Å². The van der Waals surface area contributed by atoms with Crippen molar-refractivity contribution in [1.82, 2.24) is 0 Å². The Morgan fingerprint density at radius 1 is 0.780 bits per heavy atom. The van der Waals surface area contributed by atoms with Crippen molar-refractivity contribution >= 4 is 34.8 Å². The van der Waals surface area contributed by atoms with Crippen LogP contribution in [-0.2, 0) is 19.2 Å². The van der Waals surface area contributed by atoms with Crippen molar-refractivity contribution in [1.29, 1.82) is 0 Å². The maximum absolute atomic E-state index is 13.4. The highest BCUT2D eigenvalue weighted by molar-refractivity contribution is 5.86. The SMILES string of the molecule is CC(C)(C)C(=O)Oc1ccc(-c2oc3ccccc3c(=O)c2OC(=O)CCCCC(=O)O)cc1OC(=O)C(C)(C)C. The molecule has 3 rings (SSSR count). The summed E-state index contributed by atoms with van der Waals surface area (Å²) in [5, 5.41) is 8.99. The van der Waals surface area contributed by atoms with Gasteiger partial charge in [0.1, 0.15) is 5.58 Å². The number of hydrogen-bond donors (Lipinski definition) is 1. The van der Waals surface area contributed by atoms with Crippen molar-refractivity contribution in [3.8, 4) is 28.6 Å². The first-order valence-electron chi connectivity index (χ1n) is 13.1. The van der Waals surface area contributed by atoms with E-state index in [9.17, 15) is 24.0 Å². The Bertz CT molecular complexity index is 1530. The van der Waals surface area contributed by atoms with Gasteiger partial charge < -0.3 is 23.7 Å². The molecule has 0 atom stereocenters. The molecule has 1 N–H and O–H groups in total. The maximum atomic E-state index is 13.4. The van der Waals surface area contributed by atoms with Gasteiger partial charge in [0.15, 0.2) is 17.3 Å². The predicted molar refractivity (Wildman–Crippen MR) is 150 cm³/mol. The molecule has 0 amide bonds. The minimum atomic E-state index is -0.976. The summed E-state index contributed by atoms with van der Waals surface area (Å²) in [5.41, 5.74) is -1.89. The fourth-order valence-electron chi connectivity index (χ4n) is 3.44. The minimum Gasteiger partial charge on any atom is -0.481 e. The quantitative estimate of drug-likeness (QED) is 0.188. The molecule has 41 heavy (non-hydrogen) atoms. The van der Waals surface area contributed by atoms with E-state index in [2.05, 4.69) is 0 Å². The lowest BCUT2D eigenvalue weighted by Gasteiger charge is -2.21. The number of carboxylic acids is 1. The van der Waals surface area contributed by atoms with Crippen LogP contribution in [0.4, 0.5) is 0 Å². The van der Waals surface area contributed by atoms with E-state index in [1.165, 1.54) is 24.3 Å². The first-order valence-corrected chi connectivity index (χ1v) is 13.1. The molecular formula is C31H34O10. The van der Waals surface area contributed by atoms with Gasteiger partial charge in [-0.25, -0.2) is 0 Å². The molecule has 1 aromatic heterocycles. The molecule has 0 unspecified atom stereocenters. The zero-order chi connectivity index (χ0) is 30.5. The number of ether oxygens (including phenoxy) is 3. The van der Waals surface area contributed by atoms with Gasteiger partial charge in [0.05, 0.1) is 16.2 Å². The molecular weight excluding hydrogens is 532 g/mol. The Hall–Kier alpha value is -4.47. The highest BCUT2D eigenvalue weighted by atomic mass is 16.6. The third-order valence-corrected chi connectivity index (χ3v) is 5.83. The van der Waals surface area contributed by atoms with Crippen molar-refractivity contribution in [2.24, 2.45) is 10.8 Å². The van der Waals surface area contributed by atoms with Crippen molar-refractivity contribution in [2.75, 3.05) is 0 Å². The van der Waals surface area contributed by atoms with Crippen LogP contribution in [0.3, 0.4) is 0 Å². The lowest BCUT2D eigenvalue weighted by Crippen LogP contribution is -2.27. The van der Waals surface area contributed by atoms with Gasteiger partial charge in [-0.1, -0.05) is 12.1 Å². The number of carboxylic acid groups (broad SMARTS) is 1. The molecule has 0 aliphatic heterocycles. The smallest absolute Gasteiger partial charge is 0.316 e. The van der Waals surface area contributed by atoms with Gasteiger partial charge in [-0.15, -0.1) is 0 Å². The highest BCUT2D eigenvalue weighted by Gasteiger charge is 2.29. The number of aliphatic carboxylic acids is 1. The highest BCUT2D eigenvalue weighted by Crippen LogP contribution is 2.38. The fourth-order valence-corrected chi connectivity index (χ4v) is 3.44. The Balaban J connectivity index is 2.11. The molecule has 0 bridgehead atoms. The summed E-state index contributed by atoms with van der Waals surface area (Å²) in [6, 6.07) is 10.7.